The van der Waals surface area contributed by atoms with Crippen LogP contribution in [0.3, 0.4) is 0 Å². The van der Waals surface area contributed by atoms with Gasteiger partial charge in [0.1, 0.15) is 0 Å². The van der Waals surface area contributed by atoms with E-state index in [1.165, 1.54) is 17.0 Å². The van der Waals surface area contributed by atoms with Crippen LogP contribution < -0.4 is 5.14 Å². The van der Waals surface area contributed by atoms with Gasteiger partial charge in [0.25, 0.3) is 5.91 Å². The molecule has 1 aromatic rings. The van der Waals surface area contributed by atoms with Crippen molar-refractivity contribution < 1.29 is 13.2 Å². The number of nitrogens with two attached hydrogens (primary N) is 1. The fraction of sp³-hybridized carbons (Fsp3) is 0.417. The third-order valence-electron chi connectivity index (χ3n) is 2.53. The lowest BCUT2D eigenvalue weighted by molar-refractivity contribution is 0.0779. The number of carbonyl (C=O) groups excluding carboxylic acids is 1. The Bertz CT molecular complexity index is 632. The Morgan fingerprint density at radius 2 is 2.00 bits per heavy atom. The van der Waals surface area contributed by atoms with Crippen LogP contribution in [0.5, 0.6) is 0 Å². The van der Waals surface area contributed by atoms with E-state index in [0.717, 1.165) is 0 Å². The molecule has 0 aliphatic heterocycles. The third kappa shape index (κ3) is 4.18. The molecule has 0 saturated heterocycles. The lowest BCUT2D eigenvalue weighted by Gasteiger charge is -2.20. The van der Waals surface area contributed by atoms with Crippen molar-refractivity contribution in [2.24, 2.45) is 11.1 Å². The highest BCUT2D eigenvalue weighted by Crippen LogP contribution is 2.31. The molecule has 0 aliphatic carbocycles. The van der Waals surface area contributed by atoms with E-state index in [1.807, 2.05) is 13.8 Å². The van der Waals surface area contributed by atoms with Crippen LogP contribution in [0.25, 0.3) is 0 Å². The van der Waals surface area contributed by atoms with Crippen molar-refractivity contribution in [2.75, 3.05) is 13.6 Å². The van der Waals surface area contributed by atoms with Gasteiger partial charge in [0, 0.05) is 19.2 Å². The Morgan fingerprint density at radius 1 is 1.45 bits per heavy atom. The van der Waals surface area contributed by atoms with Gasteiger partial charge in [-0.15, -0.1) is 0 Å². The molecular weight excluding hydrogens is 368 g/mol. The number of sulfonamides is 1. The molecule has 0 fully saturated rings. The normalized spacial score (nSPS) is 11.8. The van der Waals surface area contributed by atoms with Gasteiger partial charge in [-0.05, 0) is 34.0 Å². The van der Waals surface area contributed by atoms with Crippen LogP contribution in [0.2, 0.25) is 5.02 Å². The van der Waals surface area contributed by atoms with E-state index in [9.17, 15) is 13.2 Å². The van der Waals surface area contributed by atoms with Crippen LogP contribution in [0.15, 0.2) is 21.5 Å². The van der Waals surface area contributed by atoms with Gasteiger partial charge in [-0.1, -0.05) is 25.4 Å². The quantitative estimate of drug-likeness (QED) is 0.867. The third-order valence-corrected chi connectivity index (χ3v) is 5.11. The first-order valence-electron chi connectivity index (χ1n) is 5.81. The molecule has 0 radical (unpaired) electrons. The molecule has 0 aliphatic rings. The summed E-state index contributed by atoms with van der Waals surface area (Å²) >= 11 is 9.00. The van der Waals surface area contributed by atoms with Crippen molar-refractivity contribution >= 4 is 43.5 Å². The van der Waals surface area contributed by atoms with Gasteiger partial charge >= 0.3 is 0 Å². The second-order valence-corrected chi connectivity index (χ2v) is 7.62. The smallest absolute Gasteiger partial charge is 0.253 e. The number of primary sulfonamides is 1. The highest BCUT2D eigenvalue weighted by atomic mass is 79.9. The van der Waals surface area contributed by atoms with Crippen LogP contribution in [0, 0.1) is 5.92 Å². The van der Waals surface area contributed by atoms with Crippen LogP contribution >= 0.6 is 27.5 Å². The second-order valence-electron chi connectivity index (χ2n) is 4.89. The molecular formula is C12H16BrClN2O3S. The molecule has 0 heterocycles. The number of halogens is 2. The second kappa shape index (κ2) is 6.43. The average Bonchev–Trinajstić information content (AvgIpc) is 2.29. The van der Waals surface area contributed by atoms with Gasteiger partial charge < -0.3 is 4.90 Å². The van der Waals surface area contributed by atoms with Crippen molar-refractivity contribution in [2.45, 2.75) is 18.7 Å². The Morgan fingerprint density at radius 3 is 2.45 bits per heavy atom. The molecule has 112 valence electrons. The standard InChI is InChI=1S/C12H16BrClN2O3S/c1-7(2)6-16(3)12(17)8-4-9(14)11(13)10(5-8)20(15,18)19/h4-5,7H,6H2,1-3H3,(H2,15,18,19). The molecule has 1 aromatic carbocycles. The lowest BCUT2D eigenvalue weighted by Crippen LogP contribution is -2.30. The molecule has 5 nitrogen and oxygen atoms in total. The number of rotatable bonds is 4. The van der Waals surface area contributed by atoms with Crippen LogP contribution in [-0.2, 0) is 10.0 Å². The summed E-state index contributed by atoms with van der Waals surface area (Å²) < 4.78 is 23.1. The number of benzene rings is 1. The summed E-state index contributed by atoms with van der Waals surface area (Å²) in [6.45, 7) is 4.51. The minimum atomic E-state index is -3.96. The molecule has 0 spiro atoms. The molecule has 0 saturated carbocycles. The van der Waals surface area contributed by atoms with Gasteiger partial charge in [-0.2, -0.15) is 0 Å². The van der Waals surface area contributed by atoms with Gasteiger partial charge in [0.05, 0.1) is 14.4 Å². The molecule has 2 N–H and O–H groups in total. The zero-order valence-electron chi connectivity index (χ0n) is 11.4. The maximum absolute atomic E-state index is 12.2. The van der Waals surface area contributed by atoms with Gasteiger partial charge in [0.15, 0.2) is 0 Å². The van der Waals surface area contributed by atoms with Gasteiger partial charge in [0.2, 0.25) is 10.0 Å². The van der Waals surface area contributed by atoms with E-state index in [-0.39, 0.29) is 25.9 Å². The predicted molar refractivity (Wildman–Crippen MR) is 82.3 cm³/mol. The first-order valence-corrected chi connectivity index (χ1v) is 8.53. The van der Waals surface area contributed by atoms with Crippen molar-refractivity contribution in [3.05, 3.63) is 27.2 Å². The van der Waals surface area contributed by atoms with Crippen LogP contribution in [0.4, 0.5) is 0 Å². The van der Waals surface area contributed by atoms with E-state index >= 15 is 0 Å². The molecule has 0 aromatic heterocycles. The Hall–Kier alpha value is -0.630. The fourth-order valence-electron chi connectivity index (χ4n) is 1.75. The number of carbonyl (C=O) groups is 1. The summed E-state index contributed by atoms with van der Waals surface area (Å²) in [6, 6.07) is 2.64. The lowest BCUT2D eigenvalue weighted by atomic mass is 10.1. The number of hydrogen-bond donors (Lipinski definition) is 1. The van der Waals surface area contributed by atoms with Crippen molar-refractivity contribution in [1.82, 2.24) is 4.90 Å². The number of hydrogen-bond acceptors (Lipinski definition) is 3. The minimum absolute atomic E-state index is 0.123. The first-order chi connectivity index (χ1) is 9.04. The molecule has 1 amide bonds. The van der Waals surface area contributed by atoms with Crippen LogP contribution in [-0.4, -0.2) is 32.8 Å². The van der Waals surface area contributed by atoms with Crippen molar-refractivity contribution in [3.8, 4) is 0 Å². The topological polar surface area (TPSA) is 80.5 Å². The van der Waals surface area contributed by atoms with Gasteiger partial charge in [-0.25, -0.2) is 13.6 Å². The van der Waals surface area contributed by atoms with E-state index in [1.54, 1.807) is 7.05 Å². The highest BCUT2D eigenvalue weighted by molar-refractivity contribution is 9.10. The van der Waals surface area contributed by atoms with Crippen molar-refractivity contribution in [3.63, 3.8) is 0 Å². The maximum atomic E-state index is 12.2. The fourth-order valence-corrected chi connectivity index (χ4v) is 3.58. The summed E-state index contributed by atoms with van der Waals surface area (Å²) in [5, 5.41) is 5.23. The minimum Gasteiger partial charge on any atom is -0.341 e. The largest absolute Gasteiger partial charge is 0.341 e. The molecule has 20 heavy (non-hydrogen) atoms. The van der Waals surface area contributed by atoms with E-state index in [2.05, 4.69) is 15.9 Å². The molecule has 0 unspecified atom stereocenters. The van der Waals surface area contributed by atoms with Crippen LogP contribution in [0.1, 0.15) is 24.2 Å². The Labute approximate surface area is 132 Å². The van der Waals surface area contributed by atoms with Gasteiger partial charge in [-0.3, -0.25) is 4.79 Å². The van der Waals surface area contributed by atoms with Crippen molar-refractivity contribution in [1.29, 1.82) is 0 Å². The number of amides is 1. The summed E-state index contributed by atoms with van der Waals surface area (Å²) in [5.74, 6) is -0.00872. The average molecular weight is 384 g/mol. The highest BCUT2D eigenvalue weighted by Gasteiger charge is 2.21. The summed E-state index contributed by atoms with van der Waals surface area (Å²) in [4.78, 5) is 13.5. The van der Waals surface area contributed by atoms with E-state index < -0.39 is 10.0 Å². The maximum Gasteiger partial charge on any atom is 0.253 e. The molecule has 1 rings (SSSR count). The predicted octanol–water partition coefficient (Wildman–Crippen LogP) is 2.48. The zero-order chi connectivity index (χ0) is 15.7. The summed E-state index contributed by atoms with van der Waals surface area (Å²) in [5.41, 5.74) is 0.186. The zero-order valence-corrected chi connectivity index (χ0v) is 14.5. The molecule has 0 bridgehead atoms. The molecule has 0 atom stereocenters. The Balaban J connectivity index is 3.28. The number of nitrogens with zero attached hydrogens (tertiary/aromatic N) is 1. The summed E-state index contributed by atoms with van der Waals surface area (Å²) in [7, 11) is -2.32. The molecule has 8 heteroatoms. The van der Waals surface area contributed by atoms with E-state index in [4.69, 9.17) is 16.7 Å². The van der Waals surface area contributed by atoms with E-state index in [0.29, 0.717) is 12.5 Å². The summed E-state index contributed by atoms with van der Waals surface area (Å²) in [6.07, 6.45) is 0. The SMILES string of the molecule is CC(C)CN(C)C(=O)c1cc(Cl)c(Br)c(S(N)(=O)=O)c1. The monoisotopic (exact) mass is 382 g/mol. The first kappa shape index (κ1) is 17.4. The Kier molecular flexibility index (Phi) is 5.60.